The first-order valence-electron chi connectivity index (χ1n) is 6.92. The first kappa shape index (κ1) is 15.7. The Hall–Kier alpha value is -1.73. The van der Waals surface area contributed by atoms with Gasteiger partial charge in [0.25, 0.3) is 0 Å². The number of hydrazone groups is 1. The van der Waals surface area contributed by atoms with Gasteiger partial charge in [-0.25, -0.2) is 4.79 Å². The van der Waals surface area contributed by atoms with Crippen LogP contribution in [0.5, 0.6) is 0 Å². The number of nitrogens with two attached hydrogens (primary N) is 1. The van der Waals surface area contributed by atoms with Crippen molar-refractivity contribution in [3.8, 4) is 0 Å². The predicted molar refractivity (Wildman–Crippen MR) is 85.1 cm³/mol. The monoisotopic (exact) mass is 308 g/mol. The number of carbonyl (C=O) groups is 1. The molecule has 1 aromatic carbocycles. The minimum atomic E-state index is -0.979. The molecule has 0 saturated heterocycles. The molecule has 1 aromatic rings. The van der Waals surface area contributed by atoms with Crippen LogP contribution in [0.25, 0.3) is 0 Å². The fourth-order valence-corrected chi connectivity index (χ4v) is 2.99. The summed E-state index contributed by atoms with van der Waals surface area (Å²) < 4.78 is 0. The van der Waals surface area contributed by atoms with Gasteiger partial charge in [-0.1, -0.05) is 42.1 Å². The van der Waals surface area contributed by atoms with E-state index in [0.717, 1.165) is 35.7 Å². The Bertz CT molecular complexity index is 495. The molecule has 1 heterocycles. The highest BCUT2D eigenvalue weighted by atomic mass is 32.2. The zero-order chi connectivity index (χ0) is 15.1. The molecule has 0 aliphatic carbocycles. The highest BCUT2D eigenvalue weighted by molar-refractivity contribution is 8.14. The maximum Gasteiger partial charge on any atom is 0.404 e. The number of unbranched alkanes of at least 4 members (excludes halogenated alkanes) is 1. The molecule has 0 aromatic heterocycles. The molecular formula is C14H20N4O2S. The van der Waals surface area contributed by atoms with Crippen molar-refractivity contribution in [1.82, 2.24) is 10.3 Å². The van der Waals surface area contributed by atoms with E-state index in [1.54, 1.807) is 11.8 Å². The van der Waals surface area contributed by atoms with E-state index in [4.69, 9.17) is 10.8 Å². The van der Waals surface area contributed by atoms with Gasteiger partial charge < -0.3 is 16.2 Å². The normalized spacial score (nSPS) is 15.7. The number of hydrogen-bond acceptors (Lipinski definition) is 5. The van der Waals surface area contributed by atoms with Crippen molar-refractivity contribution in [3.05, 3.63) is 35.9 Å². The van der Waals surface area contributed by atoms with Gasteiger partial charge in [0.05, 0.1) is 12.0 Å². The van der Waals surface area contributed by atoms with E-state index in [1.807, 2.05) is 35.3 Å². The van der Waals surface area contributed by atoms with Crippen LogP contribution in [0.2, 0.25) is 0 Å². The molecule has 1 aliphatic heterocycles. The molecule has 0 saturated carbocycles. The number of nitrogens with zero attached hydrogens (tertiary/aromatic N) is 2. The van der Waals surface area contributed by atoms with E-state index in [9.17, 15) is 4.79 Å². The van der Waals surface area contributed by atoms with E-state index < -0.39 is 6.09 Å². The molecule has 2 rings (SSSR count). The van der Waals surface area contributed by atoms with Gasteiger partial charge in [0.15, 0.2) is 0 Å². The summed E-state index contributed by atoms with van der Waals surface area (Å²) in [5.74, 6) is 0.763. The summed E-state index contributed by atoms with van der Waals surface area (Å²) in [6.07, 6.45) is 1.36. The second-order valence-corrected chi connectivity index (χ2v) is 5.71. The number of benzene rings is 1. The van der Waals surface area contributed by atoms with E-state index >= 15 is 0 Å². The van der Waals surface area contributed by atoms with Crippen molar-refractivity contribution >= 4 is 22.9 Å². The van der Waals surface area contributed by atoms with Gasteiger partial charge in [-0.15, -0.1) is 0 Å². The summed E-state index contributed by atoms with van der Waals surface area (Å²) in [7, 11) is 0. The molecule has 1 atom stereocenters. The predicted octanol–water partition coefficient (Wildman–Crippen LogP) is 2.08. The van der Waals surface area contributed by atoms with E-state index in [-0.39, 0.29) is 6.17 Å². The lowest BCUT2D eigenvalue weighted by Crippen LogP contribution is -2.36. The zero-order valence-electron chi connectivity index (χ0n) is 11.7. The lowest BCUT2D eigenvalue weighted by Gasteiger charge is -2.21. The molecule has 7 heteroatoms. The third kappa shape index (κ3) is 4.95. The second-order valence-electron chi connectivity index (χ2n) is 4.78. The lowest BCUT2D eigenvalue weighted by atomic mass is 10.2. The molecule has 4 N–H and O–H groups in total. The van der Waals surface area contributed by atoms with Crippen LogP contribution in [0, 0.1) is 0 Å². The summed E-state index contributed by atoms with van der Waals surface area (Å²) in [6, 6.07) is 10.1. The Morgan fingerprint density at radius 3 is 2.90 bits per heavy atom. The Labute approximate surface area is 128 Å². The molecule has 6 nitrogen and oxygen atoms in total. The third-order valence-corrected chi connectivity index (χ3v) is 4.14. The van der Waals surface area contributed by atoms with Crippen molar-refractivity contribution in [2.45, 2.75) is 25.4 Å². The van der Waals surface area contributed by atoms with Crippen molar-refractivity contribution < 1.29 is 9.90 Å². The van der Waals surface area contributed by atoms with Gasteiger partial charge in [0.2, 0.25) is 0 Å². The quantitative estimate of drug-likeness (QED) is 0.671. The summed E-state index contributed by atoms with van der Waals surface area (Å²) in [5.41, 5.74) is 7.24. The molecule has 0 spiro atoms. The van der Waals surface area contributed by atoms with E-state index in [1.165, 1.54) is 0 Å². The Balaban J connectivity index is 1.75. The minimum absolute atomic E-state index is 0.122. The smallest absolute Gasteiger partial charge is 0.404 e. The number of amides is 1. The fourth-order valence-electron chi connectivity index (χ4n) is 2.02. The number of nitrogens with one attached hydrogen (secondary N) is 1. The highest BCUT2D eigenvalue weighted by Crippen LogP contribution is 2.24. The molecule has 1 aliphatic rings. The van der Waals surface area contributed by atoms with Crippen molar-refractivity contribution in [2.75, 3.05) is 12.4 Å². The van der Waals surface area contributed by atoms with Gasteiger partial charge >= 0.3 is 6.09 Å². The first-order valence-corrected chi connectivity index (χ1v) is 7.91. The maximum atomic E-state index is 10.3. The molecule has 114 valence electrons. The Kier molecular flexibility index (Phi) is 5.89. The SMILES string of the molecule is NC(CCCCNC(=O)O)N1CSC(c2ccccc2)=N1. The standard InChI is InChI=1S/C14H20N4O2S/c15-12(8-4-5-9-16-14(19)20)18-10-21-13(17-18)11-6-2-1-3-7-11/h1-3,6-7,12,16H,4-5,8-10,15H2,(H,19,20). The van der Waals surface area contributed by atoms with Crippen LogP contribution in [0.15, 0.2) is 35.4 Å². The number of rotatable bonds is 7. The van der Waals surface area contributed by atoms with Crippen LogP contribution < -0.4 is 11.1 Å². The van der Waals surface area contributed by atoms with Crippen LogP contribution in [0.4, 0.5) is 4.79 Å². The van der Waals surface area contributed by atoms with Crippen LogP contribution in [0.3, 0.4) is 0 Å². The Morgan fingerprint density at radius 1 is 1.43 bits per heavy atom. The summed E-state index contributed by atoms with van der Waals surface area (Å²) in [4.78, 5) is 10.3. The third-order valence-electron chi connectivity index (χ3n) is 3.16. The van der Waals surface area contributed by atoms with E-state index in [2.05, 4.69) is 10.4 Å². The minimum Gasteiger partial charge on any atom is -0.465 e. The number of carboxylic acid groups (broad SMARTS) is 1. The zero-order valence-corrected chi connectivity index (χ0v) is 12.6. The van der Waals surface area contributed by atoms with Crippen molar-refractivity contribution in [2.24, 2.45) is 10.8 Å². The molecule has 21 heavy (non-hydrogen) atoms. The average Bonchev–Trinajstić information content (AvgIpc) is 2.97. The summed E-state index contributed by atoms with van der Waals surface area (Å²) in [5, 5.41) is 18.3. The molecule has 0 bridgehead atoms. The van der Waals surface area contributed by atoms with Crippen LogP contribution in [-0.4, -0.2) is 39.8 Å². The molecule has 1 unspecified atom stereocenters. The second kappa shape index (κ2) is 7.90. The number of thioether (sulfide) groups is 1. The van der Waals surface area contributed by atoms with Gasteiger partial charge in [-0.3, -0.25) is 5.01 Å². The maximum absolute atomic E-state index is 10.3. The van der Waals surface area contributed by atoms with Gasteiger partial charge in [0.1, 0.15) is 5.04 Å². The van der Waals surface area contributed by atoms with E-state index in [0.29, 0.717) is 6.54 Å². The molecule has 1 amide bonds. The van der Waals surface area contributed by atoms with Crippen molar-refractivity contribution in [1.29, 1.82) is 0 Å². The fraction of sp³-hybridized carbons (Fsp3) is 0.429. The molecule has 0 radical (unpaired) electrons. The van der Waals surface area contributed by atoms with Gasteiger partial charge in [-0.2, -0.15) is 5.10 Å². The largest absolute Gasteiger partial charge is 0.465 e. The van der Waals surface area contributed by atoms with Crippen LogP contribution >= 0.6 is 11.8 Å². The molecular weight excluding hydrogens is 288 g/mol. The lowest BCUT2D eigenvalue weighted by molar-refractivity contribution is 0.193. The first-order chi connectivity index (χ1) is 10.2. The van der Waals surface area contributed by atoms with Gasteiger partial charge in [-0.05, 0) is 19.3 Å². The Morgan fingerprint density at radius 2 is 2.19 bits per heavy atom. The average molecular weight is 308 g/mol. The summed E-state index contributed by atoms with van der Waals surface area (Å²) >= 11 is 1.69. The number of hydrogen-bond donors (Lipinski definition) is 3. The summed E-state index contributed by atoms with van der Waals surface area (Å²) in [6.45, 7) is 0.468. The van der Waals surface area contributed by atoms with Crippen LogP contribution in [-0.2, 0) is 0 Å². The molecule has 0 fully saturated rings. The highest BCUT2D eigenvalue weighted by Gasteiger charge is 2.21. The van der Waals surface area contributed by atoms with Crippen molar-refractivity contribution in [3.63, 3.8) is 0 Å². The topological polar surface area (TPSA) is 90.9 Å². The van der Waals surface area contributed by atoms with Gasteiger partial charge in [0, 0.05) is 12.1 Å². The van der Waals surface area contributed by atoms with Crippen LogP contribution in [0.1, 0.15) is 24.8 Å².